The predicted octanol–water partition coefficient (Wildman–Crippen LogP) is 4.11. The Balaban J connectivity index is 1.39. The molecule has 2 heterocycles. The standard InChI is InChI=1S/C27H26N2O7/c1-18-6-3-7-20(14-18)34-12-5-13-36-23-10-9-19(16-24(23)33-2)15-22-25(30)28-27(32)29(26(22)31)17-21-8-4-11-35-21/h3-4,6-11,14-16H,5,12-13,17H2,1-2H3,(H,28,30,32)/b22-15+. The zero-order valence-corrected chi connectivity index (χ0v) is 20.0. The Kier molecular flexibility index (Phi) is 7.69. The summed E-state index contributed by atoms with van der Waals surface area (Å²) in [4.78, 5) is 38.4. The molecule has 186 valence electrons. The molecule has 0 radical (unpaired) electrons. The fourth-order valence-electron chi connectivity index (χ4n) is 3.59. The molecule has 0 spiro atoms. The van der Waals surface area contributed by atoms with E-state index in [0.717, 1.165) is 16.2 Å². The van der Waals surface area contributed by atoms with Gasteiger partial charge in [0.25, 0.3) is 11.8 Å². The normalized spacial score (nSPS) is 14.7. The fraction of sp³-hybridized carbons (Fsp3) is 0.222. The van der Waals surface area contributed by atoms with Crippen LogP contribution < -0.4 is 19.5 Å². The van der Waals surface area contributed by atoms with Gasteiger partial charge in [-0.1, -0.05) is 18.2 Å². The van der Waals surface area contributed by atoms with Gasteiger partial charge in [-0.2, -0.15) is 0 Å². The van der Waals surface area contributed by atoms with Gasteiger partial charge in [-0.05, 0) is 60.5 Å². The molecule has 3 aromatic rings. The maximum atomic E-state index is 12.9. The number of furan rings is 1. The number of methoxy groups -OCH3 is 1. The van der Waals surface area contributed by atoms with Crippen molar-refractivity contribution in [3.8, 4) is 17.2 Å². The quantitative estimate of drug-likeness (QED) is 0.259. The Morgan fingerprint density at radius 3 is 2.56 bits per heavy atom. The minimum Gasteiger partial charge on any atom is -0.493 e. The highest BCUT2D eigenvalue weighted by molar-refractivity contribution is 6.30. The minimum absolute atomic E-state index is 0.0913. The third-order valence-electron chi connectivity index (χ3n) is 5.38. The Morgan fingerprint density at radius 1 is 0.972 bits per heavy atom. The van der Waals surface area contributed by atoms with Gasteiger partial charge in [0.2, 0.25) is 0 Å². The third kappa shape index (κ3) is 5.93. The lowest BCUT2D eigenvalue weighted by Gasteiger charge is -2.25. The lowest BCUT2D eigenvalue weighted by molar-refractivity contribution is -0.130. The predicted molar refractivity (Wildman–Crippen MR) is 131 cm³/mol. The van der Waals surface area contributed by atoms with E-state index in [1.165, 1.54) is 19.4 Å². The zero-order chi connectivity index (χ0) is 25.5. The average Bonchev–Trinajstić information content (AvgIpc) is 3.38. The molecule has 1 saturated heterocycles. The van der Waals surface area contributed by atoms with E-state index in [-0.39, 0.29) is 12.1 Å². The van der Waals surface area contributed by atoms with Crippen LogP contribution in [0.5, 0.6) is 17.2 Å². The maximum absolute atomic E-state index is 12.9. The zero-order valence-electron chi connectivity index (χ0n) is 20.0. The second kappa shape index (κ2) is 11.3. The van der Waals surface area contributed by atoms with Crippen molar-refractivity contribution < 1.29 is 33.0 Å². The molecular formula is C27H26N2O7. The Labute approximate surface area is 208 Å². The van der Waals surface area contributed by atoms with E-state index >= 15 is 0 Å². The average molecular weight is 491 g/mol. The van der Waals surface area contributed by atoms with Crippen LogP contribution in [0.15, 0.2) is 70.9 Å². The van der Waals surface area contributed by atoms with Crippen LogP contribution in [0.1, 0.15) is 23.3 Å². The summed E-state index contributed by atoms with van der Waals surface area (Å²) in [5.41, 5.74) is 1.49. The summed E-state index contributed by atoms with van der Waals surface area (Å²) in [5, 5.41) is 2.19. The number of ether oxygens (including phenoxy) is 3. The van der Waals surface area contributed by atoms with Crippen LogP contribution in [0.25, 0.3) is 6.08 Å². The molecule has 1 N–H and O–H groups in total. The highest BCUT2D eigenvalue weighted by atomic mass is 16.5. The van der Waals surface area contributed by atoms with E-state index in [9.17, 15) is 14.4 Å². The van der Waals surface area contributed by atoms with Crippen LogP contribution in [0.4, 0.5) is 4.79 Å². The van der Waals surface area contributed by atoms with Gasteiger partial charge >= 0.3 is 6.03 Å². The van der Waals surface area contributed by atoms with Gasteiger partial charge in [-0.15, -0.1) is 0 Å². The Hall–Kier alpha value is -4.53. The van der Waals surface area contributed by atoms with Crippen molar-refractivity contribution in [1.82, 2.24) is 10.2 Å². The molecule has 0 saturated carbocycles. The first-order chi connectivity index (χ1) is 17.4. The molecule has 0 aliphatic carbocycles. The second-order valence-electron chi connectivity index (χ2n) is 8.07. The number of nitrogens with one attached hydrogen (secondary N) is 1. The largest absolute Gasteiger partial charge is 0.493 e. The van der Waals surface area contributed by atoms with Gasteiger partial charge < -0.3 is 18.6 Å². The topological polar surface area (TPSA) is 107 Å². The summed E-state index contributed by atoms with van der Waals surface area (Å²) in [5.74, 6) is 0.706. The molecule has 1 aliphatic rings. The van der Waals surface area contributed by atoms with Crippen molar-refractivity contribution in [1.29, 1.82) is 0 Å². The van der Waals surface area contributed by atoms with Crippen molar-refractivity contribution in [3.63, 3.8) is 0 Å². The van der Waals surface area contributed by atoms with Crippen molar-refractivity contribution in [3.05, 3.63) is 83.3 Å². The summed E-state index contributed by atoms with van der Waals surface area (Å²) in [6.07, 6.45) is 3.51. The number of barbiturate groups is 1. The van der Waals surface area contributed by atoms with Crippen molar-refractivity contribution in [2.45, 2.75) is 19.9 Å². The number of amides is 4. The summed E-state index contributed by atoms with van der Waals surface area (Å²) < 4.78 is 22.2. The van der Waals surface area contributed by atoms with Crippen molar-refractivity contribution in [2.24, 2.45) is 0 Å². The summed E-state index contributed by atoms with van der Waals surface area (Å²) in [6, 6.07) is 15.4. The van der Waals surface area contributed by atoms with Crippen LogP contribution in [0, 0.1) is 6.92 Å². The number of hydrogen-bond donors (Lipinski definition) is 1. The van der Waals surface area contributed by atoms with E-state index in [1.807, 2.05) is 31.2 Å². The number of imide groups is 2. The summed E-state index contributed by atoms with van der Waals surface area (Å²) in [7, 11) is 1.50. The van der Waals surface area contributed by atoms with E-state index < -0.39 is 17.8 Å². The number of rotatable bonds is 10. The van der Waals surface area contributed by atoms with Gasteiger partial charge in [-0.3, -0.25) is 19.8 Å². The van der Waals surface area contributed by atoms with Crippen LogP contribution in [-0.2, 0) is 16.1 Å². The number of carbonyl (C=O) groups excluding carboxylic acids is 3. The smallest absolute Gasteiger partial charge is 0.331 e. The molecule has 4 rings (SSSR count). The molecule has 0 atom stereocenters. The number of benzene rings is 2. The van der Waals surface area contributed by atoms with Crippen LogP contribution >= 0.6 is 0 Å². The summed E-state index contributed by atoms with van der Waals surface area (Å²) >= 11 is 0. The molecule has 1 aromatic heterocycles. The van der Waals surface area contributed by atoms with Crippen molar-refractivity contribution in [2.75, 3.05) is 20.3 Å². The van der Waals surface area contributed by atoms with Crippen molar-refractivity contribution >= 4 is 23.9 Å². The lowest BCUT2D eigenvalue weighted by atomic mass is 10.1. The van der Waals surface area contributed by atoms with E-state index in [1.54, 1.807) is 30.3 Å². The number of aryl methyl sites for hydroxylation is 1. The van der Waals surface area contributed by atoms with Gasteiger partial charge in [0, 0.05) is 6.42 Å². The fourth-order valence-corrected chi connectivity index (χ4v) is 3.59. The molecule has 1 fully saturated rings. The second-order valence-corrected chi connectivity index (χ2v) is 8.07. The lowest BCUT2D eigenvalue weighted by Crippen LogP contribution is -2.53. The molecular weight excluding hydrogens is 464 g/mol. The Bertz CT molecular complexity index is 1280. The summed E-state index contributed by atoms with van der Waals surface area (Å²) in [6.45, 7) is 2.83. The molecule has 1 aliphatic heterocycles. The van der Waals surface area contributed by atoms with E-state index in [0.29, 0.717) is 42.5 Å². The van der Waals surface area contributed by atoms with Gasteiger partial charge in [0.05, 0.1) is 33.1 Å². The minimum atomic E-state index is -0.800. The van der Waals surface area contributed by atoms with E-state index in [4.69, 9.17) is 18.6 Å². The molecule has 9 heteroatoms. The first-order valence-corrected chi connectivity index (χ1v) is 11.4. The molecule has 0 unspecified atom stereocenters. The maximum Gasteiger partial charge on any atom is 0.331 e. The first-order valence-electron chi connectivity index (χ1n) is 11.4. The van der Waals surface area contributed by atoms with Gasteiger partial charge in [-0.25, -0.2) is 4.79 Å². The highest BCUT2D eigenvalue weighted by Crippen LogP contribution is 2.29. The van der Waals surface area contributed by atoms with Crippen LogP contribution in [0.2, 0.25) is 0 Å². The number of carbonyl (C=O) groups is 3. The van der Waals surface area contributed by atoms with Gasteiger partial charge in [0.15, 0.2) is 11.5 Å². The third-order valence-corrected chi connectivity index (χ3v) is 5.38. The SMILES string of the molecule is COc1cc(/C=C2\C(=O)NC(=O)N(Cc3ccco3)C2=O)ccc1OCCCOc1cccc(C)c1. The number of hydrogen-bond acceptors (Lipinski definition) is 7. The Morgan fingerprint density at radius 2 is 1.81 bits per heavy atom. The number of nitrogens with zero attached hydrogens (tertiary/aromatic N) is 1. The monoisotopic (exact) mass is 490 g/mol. The van der Waals surface area contributed by atoms with Gasteiger partial charge in [0.1, 0.15) is 17.1 Å². The van der Waals surface area contributed by atoms with Crippen LogP contribution in [-0.4, -0.2) is 43.1 Å². The highest BCUT2D eigenvalue weighted by Gasteiger charge is 2.36. The van der Waals surface area contributed by atoms with Crippen LogP contribution in [0.3, 0.4) is 0 Å². The molecule has 2 aromatic carbocycles. The number of urea groups is 1. The molecule has 36 heavy (non-hydrogen) atoms. The first kappa shape index (κ1) is 24.6. The molecule has 9 nitrogen and oxygen atoms in total. The molecule has 0 bridgehead atoms. The van der Waals surface area contributed by atoms with E-state index in [2.05, 4.69) is 5.32 Å². The molecule has 4 amide bonds.